The van der Waals surface area contributed by atoms with Crippen molar-refractivity contribution in [2.24, 2.45) is 10.7 Å². The van der Waals surface area contributed by atoms with Crippen molar-refractivity contribution in [3.8, 4) is 0 Å². The number of allylic oxidation sites excluding steroid dienone is 1. The zero-order valence-electron chi connectivity index (χ0n) is 4.29. The van der Waals surface area contributed by atoms with Crippen LogP contribution in [0.2, 0.25) is 0 Å². The van der Waals surface area contributed by atoms with E-state index >= 15 is 0 Å². The Morgan fingerprint density at radius 2 is 2.62 bits per heavy atom. The predicted octanol–water partition coefficient (Wildman–Crippen LogP) is 0.631. The van der Waals surface area contributed by atoms with Gasteiger partial charge in [0.05, 0.1) is 5.71 Å². The second-order valence-electron chi connectivity index (χ2n) is 1.53. The molecule has 0 unspecified atom stereocenters. The van der Waals surface area contributed by atoms with Gasteiger partial charge in [0, 0.05) is 12.6 Å². The highest BCUT2D eigenvalue weighted by atomic mass is 32.1. The van der Waals surface area contributed by atoms with Gasteiger partial charge in [-0.2, -0.15) is 0 Å². The normalized spacial score (nSPS) is 16.2. The molecule has 0 saturated heterocycles. The third-order valence-electron chi connectivity index (χ3n) is 0.931. The van der Waals surface area contributed by atoms with Crippen LogP contribution in [-0.2, 0) is 0 Å². The Labute approximate surface area is 53.1 Å². The highest BCUT2D eigenvalue weighted by Gasteiger charge is 2.01. The third kappa shape index (κ3) is 0.924. The summed E-state index contributed by atoms with van der Waals surface area (Å²) in [5.74, 6) is 0. The minimum absolute atomic E-state index is 0.412. The molecule has 0 bridgehead atoms. The van der Waals surface area contributed by atoms with Crippen molar-refractivity contribution >= 4 is 22.9 Å². The molecule has 0 aliphatic carbocycles. The Balaban J connectivity index is 2.64. The smallest absolute Gasteiger partial charge is 0.118 e. The molecule has 3 heteroatoms. The topological polar surface area (TPSA) is 38.4 Å². The molecule has 0 aromatic heterocycles. The lowest BCUT2D eigenvalue weighted by atomic mass is 10.3. The summed E-state index contributed by atoms with van der Waals surface area (Å²) in [7, 11) is 0. The number of hydrogen-bond donors (Lipinski definition) is 1. The first-order valence-electron chi connectivity index (χ1n) is 2.32. The second kappa shape index (κ2) is 2.05. The average Bonchev–Trinajstić information content (AvgIpc) is 2.12. The molecule has 0 amide bonds. The maximum Gasteiger partial charge on any atom is 0.118 e. The van der Waals surface area contributed by atoms with Crippen LogP contribution in [0.15, 0.2) is 17.3 Å². The van der Waals surface area contributed by atoms with E-state index in [1.54, 1.807) is 6.20 Å². The van der Waals surface area contributed by atoms with Gasteiger partial charge in [-0.1, -0.05) is 18.3 Å². The first-order chi connectivity index (χ1) is 3.80. The Morgan fingerprint density at radius 3 is 2.88 bits per heavy atom. The quantitative estimate of drug-likeness (QED) is 0.523. The van der Waals surface area contributed by atoms with Gasteiger partial charge in [-0.05, 0) is 0 Å². The van der Waals surface area contributed by atoms with Gasteiger partial charge in [0.25, 0.3) is 0 Å². The number of nitrogens with two attached hydrogens (primary N) is 1. The lowest BCUT2D eigenvalue weighted by Crippen LogP contribution is -2.18. The van der Waals surface area contributed by atoms with Crippen LogP contribution in [0.3, 0.4) is 0 Å². The second-order valence-corrected chi connectivity index (χ2v) is 1.97. The standard InChI is InChI=1S/C5H6N2S/c6-5(8)4-2-1-3-7-4/h1,3H,2H2,(H2,6,8). The van der Waals surface area contributed by atoms with Gasteiger partial charge in [0.2, 0.25) is 0 Å². The molecule has 1 rings (SSSR count). The van der Waals surface area contributed by atoms with Crippen LogP contribution in [0.25, 0.3) is 0 Å². The fourth-order valence-electron chi connectivity index (χ4n) is 0.524. The molecule has 2 nitrogen and oxygen atoms in total. The first kappa shape index (κ1) is 5.44. The number of thiocarbonyl (C=S) groups is 1. The Morgan fingerprint density at radius 1 is 1.88 bits per heavy atom. The number of hydrogen-bond acceptors (Lipinski definition) is 2. The molecular formula is C5H6N2S. The molecule has 42 valence electrons. The SMILES string of the molecule is NC(=S)C1=NC=CC1. The Hall–Kier alpha value is -0.700. The third-order valence-corrected chi connectivity index (χ3v) is 1.17. The predicted molar refractivity (Wildman–Crippen MR) is 38.0 cm³/mol. The van der Waals surface area contributed by atoms with E-state index in [1.165, 1.54) is 0 Å². The van der Waals surface area contributed by atoms with Crippen molar-refractivity contribution < 1.29 is 0 Å². The van der Waals surface area contributed by atoms with Crippen LogP contribution in [0, 0.1) is 0 Å². The van der Waals surface area contributed by atoms with E-state index in [1.807, 2.05) is 6.08 Å². The lowest BCUT2D eigenvalue weighted by molar-refractivity contribution is 1.56. The van der Waals surface area contributed by atoms with Crippen molar-refractivity contribution in [2.45, 2.75) is 6.42 Å². The fourth-order valence-corrected chi connectivity index (χ4v) is 0.660. The Kier molecular flexibility index (Phi) is 1.39. The molecule has 1 aliphatic heterocycles. The van der Waals surface area contributed by atoms with E-state index in [-0.39, 0.29) is 0 Å². The van der Waals surface area contributed by atoms with E-state index in [9.17, 15) is 0 Å². The monoisotopic (exact) mass is 126 g/mol. The summed E-state index contributed by atoms with van der Waals surface area (Å²) in [6, 6.07) is 0. The van der Waals surface area contributed by atoms with Crippen LogP contribution >= 0.6 is 12.2 Å². The number of aliphatic imine (C=N–C) groups is 1. The molecule has 1 aliphatic rings. The van der Waals surface area contributed by atoms with Crippen LogP contribution in [0.1, 0.15) is 6.42 Å². The van der Waals surface area contributed by atoms with Gasteiger partial charge < -0.3 is 5.73 Å². The minimum atomic E-state index is 0.412. The minimum Gasteiger partial charge on any atom is -0.388 e. The summed E-state index contributed by atoms with van der Waals surface area (Å²) < 4.78 is 0. The summed E-state index contributed by atoms with van der Waals surface area (Å²) in [6.45, 7) is 0. The van der Waals surface area contributed by atoms with Gasteiger partial charge in [-0.25, -0.2) is 0 Å². The van der Waals surface area contributed by atoms with Crippen molar-refractivity contribution in [2.75, 3.05) is 0 Å². The molecule has 0 fully saturated rings. The summed E-state index contributed by atoms with van der Waals surface area (Å²) in [4.78, 5) is 4.32. The zero-order chi connectivity index (χ0) is 5.98. The first-order valence-corrected chi connectivity index (χ1v) is 2.73. The summed E-state index contributed by atoms with van der Waals surface area (Å²) in [6.07, 6.45) is 4.44. The Bertz CT molecular complexity index is 169. The van der Waals surface area contributed by atoms with Crippen LogP contribution in [0.4, 0.5) is 0 Å². The van der Waals surface area contributed by atoms with Gasteiger partial charge in [-0.3, -0.25) is 4.99 Å². The highest BCUT2D eigenvalue weighted by Crippen LogP contribution is 1.98. The zero-order valence-corrected chi connectivity index (χ0v) is 5.11. The fraction of sp³-hybridized carbons (Fsp3) is 0.200. The number of rotatable bonds is 1. The van der Waals surface area contributed by atoms with E-state index < -0.39 is 0 Å². The summed E-state index contributed by atoms with van der Waals surface area (Å²) in [5.41, 5.74) is 6.08. The van der Waals surface area contributed by atoms with Crippen molar-refractivity contribution in [3.05, 3.63) is 12.3 Å². The lowest BCUT2D eigenvalue weighted by Gasteiger charge is -1.90. The average molecular weight is 126 g/mol. The van der Waals surface area contributed by atoms with Crippen molar-refractivity contribution in [1.82, 2.24) is 0 Å². The van der Waals surface area contributed by atoms with Crippen LogP contribution in [0.5, 0.6) is 0 Å². The maximum absolute atomic E-state index is 5.26. The molecular weight excluding hydrogens is 120 g/mol. The molecule has 0 aromatic rings. The van der Waals surface area contributed by atoms with Gasteiger partial charge in [0.1, 0.15) is 4.99 Å². The summed E-state index contributed by atoms with van der Waals surface area (Å²) in [5, 5.41) is 0. The van der Waals surface area contributed by atoms with E-state index in [4.69, 9.17) is 5.73 Å². The van der Waals surface area contributed by atoms with E-state index in [0.717, 1.165) is 12.1 Å². The van der Waals surface area contributed by atoms with Crippen LogP contribution in [-0.4, -0.2) is 10.7 Å². The van der Waals surface area contributed by atoms with Crippen molar-refractivity contribution in [3.63, 3.8) is 0 Å². The molecule has 0 saturated carbocycles. The van der Waals surface area contributed by atoms with Gasteiger partial charge in [0.15, 0.2) is 0 Å². The van der Waals surface area contributed by atoms with Gasteiger partial charge in [-0.15, -0.1) is 0 Å². The molecule has 2 N–H and O–H groups in total. The maximum atomic E-state index is 5.26. The summed E-state index contributed by atoms with van der Waals surface area (Å²) >= 11 is 4.66. The number of nitrogens with zero attached hydrogens (tertiary/aromatic N) is 1. The van der Waals surface area contributed by atoms with E-state index in [0.29, 0.717) is 4.99 Å². The van der Waals surface area contributed by atoms with Gasteiger partial charge >= 0.3 is 0 Å². The molecule has 1 heterocycles. The molecule has 0 aromatic carbocycles. The van der Waals surface area contributed by atoms with Crippen molar-refractivity contribution in [1.29, 1.82) is 0 Å². The molecule has 0 atom stereocenters. The van der Waals surface area contributed by atoms with E-state index in [2.05, 4.69) is 17.2 Å². The highest BCUT2D eigenvalue weighted by molar-refractivity contribution is 7.82. The largest absolute Gasteiger partial charge is 0.388 e. The molecule has 0 spiro atoms. The molecule has 0 radical (unpaired) electrons. The van der Waals surface area contributed by atoms with Crippen LogP contribution < -0.4 is 5.73 Å². The molecule has 8 heavy (non-hydrogen) atoms.